The van der Waals surface area contributed by atoms with Crippen LogP contribution in [0.15, 0.2) is 34.5 Å². The van der Waals surface area contributed by atoms with Gasteiger partial charge >= 0.3 is 5.97 Å². The first-order chi connectivity index (χ1) is 12.7. The van der Waals surface area contributed by atoms with E-state index in [9.17, 15) is 9.59 Å². The molecule has 1 aromatic rings. The number of ether oxygens (including phenoxy) is 1. The van der Waals surface area contributed by atoms with Gasteiger partial charge < -0.3 is 15.0 Å². The average Bonchev–Trinajstić information content (AvgIpc) is 3.08. The largest absolute Gasteiger partial charge is 0.466 e. The van der Waals surface area contributed by atoms with Crippen molar-refractivity contribution < 1.29 is 14.3 Å². The molecule has 0 bridgehead atoms. The number of hydrogen-bond acceptors (Lipinski definition) is 7. The zero-order valence-electron chi connectivity index (χ0n) is 14.7. The van der Waals surface area contributed by atoms with E-state index in [1.54, 1.807) is 6.21 Å². The number of benzene rings is 1. The highest BCUT2D eigenvalue weighted by atomic mass is 32.2. The maximum atomic E-state index is 11.8. The van der Waals surface area contributed by atoms with Crippen LogP contribution in [-0.4, -0.2) is 48.7 Å². The Labute approximate surface area is 156 Å². The van der Waals surface area contributed by atoms with E-state index in [2.05, 4.69) is 20.4 Å². The van der Waals surface area contributed by atoms with E-state index in [1.807, 2.05) is 31.2 Å². The van der Waals surface area contributed by atoms with Crippen LogP contribution in [0, 0.1) is 5.92 Å². The van der Waals surface area contributed by atoms with Gasteiger partial charge in [-0.3, -0.25) is 9.59 Å². The summed E-state index contributed by atoms with van der Waals surface area (Å²) in [5.74, 6) is 0.304. The van der Waals surface area contributed by atoms with Crippen LogP contribution in [0.4, 0.5) is 5.69 Å². The van der Waals surface area contributed by atoms with E-state index in [0.29, 0.717) is 17.5 Å². The van der Waals surface area contributed by atoms with E-state index in [4.69, 9.17) is 4.74 Å². The molecule has 0 radical (unpaired) electrons. The molecule has 0 saturated carbocycles. The highest BCUT2D eigenvalue weighted by Crippen LogP contribution is 2.24. The minimum atomic E-state index is -0.0723. The number of nitrogens with zero attached hydrogens (tertiary/aromatic N) is 3. The number of esters is 1. The van der Waals surface area contributed by atoms with Gasteiger partial charge in [-0.25, -0.2) is 0 Å². The molecule has 0 atom stereocenters. The molecule has 138 valence electrons. The summed E-state index contributed by atoms with van der Waals surface area (Å²) in [6, 6.07) is 8.06. The molecule has 0 aromatic heterocycles. The normalized spacial score (nSPS) is 20.0. The minimum absolute atomic E-state index is 0.0191. The molecule has 2 saturated heterocycles. The van der Waals surface area contributed by atoms with Gasteiger partial charge in [0.05, 0.1) is 24.5 Å². The first-order valence-corrected chi connectivity index (χ1v) is 9.69. The molecule has 1 N–H and O–H groups in total. The third-order valence-corrected chi connectivity index (χ3v) is 5.18. The van der Waals surface area contributed by atoms with Crippen molar-refractivity contribution in [3.8, 4) is 0 Å². The van der Waals surface area contributed by atoms with Crippen molar-refractivity contribution in [2.45, 2.75) is 19.8 Å². The zero-order valence-corrected chi connectivity index (χ0v) is 15.5. The van der Waals surface area contributed by atoms with Crippen molar-refractivity contribution >= 4 is 40.7 Å². The van der Waals surface area contributed by atoms with Crippen molar-refractivity contribution in [3.63, 3.8) is 0 Å². The molecular weight excluding hydrogens is 352 g/mol. The Morgan fingerprint density at radius 1 is 1.35 bits per heavy atom. The number of piperidine rings is 1. The molecule has 2 aliphatic rings. The molecule has 2 aliphatic heterocycles. The SMILES string of the molecule is CCOC(=O)C1CCN(c2ccc(C=NN=C3NC(=O)CS3)cc2)CC1. The second-order valence-corrected chi connectivity index (χ2v) is 7.06. The molecule has 8 heteroatoms. The second kappa shape index (κ2) is 8.84. The summed E-state index contributed by atoms with van der Waals surface area (Å²) in [5.41, 5.74) is 2.07. The van der Waals surface area contributed by atoms with Crippen LogP contribution >= 0.6 is 11.8 Å². The van der Waals surface area contributed by atoms with Gasteiger partial charge in [0.1, 0.15) is 0 Å². The molecule has 3 rings (SSSR count). The number of nitrogens with one attached hydrogen (secondary N) is 1. The van der Waals surface area contributed by atoms with Crippen LogP contribution in [0.25, 0.3) is 0 Å². The standard InChI is InChI=1S/C18H22N4O3S/c1-2-25-17(24)14-7-9-22(10-8-14)15-5-3-13(4-6-15)11-19-21-18-20-16(23)12-26-18/h3-6,11,14H,2,7-10,12H2,1H3,(H,20,21,23). The first kappa shape index (κ1) is 18.4. The number of thioether (sulfide) groups is 1. The van der Waals surface area contributed by atoms with Crippen LogP contribution in [0.1, 0.15) is 25.3 Å². The van der Waals surface area contributed by atoms with Crippen molar-refractivity contribution in [1.29, 1.82) is 0 Å². The smallest absolute Gasteiger partial charge is 0.309 e. The first-order valence-electron chi connectivity index (χ1n) is 8.71. The van der Waals surface area contributed by atoms with Crippen LogP contribution in [0.2, 0.25) is 0 Å². The molecule has 2 heterocycles. The molecule has 1 amide bonds. The van der Waals surface area contributed by atoms with Gasteiger partial charge in [-0.1, -0.05) is 23.9 Å². The van der Waals surface area contributed by atoms with Crippen LogP contribution in [0.3, 0.4) is 0 Å². The van der Waals surface area contributed by atoms with Gasteiger partial charge in [-0.2, -0.15) is 5.10 Å². The third-order valence-electron chi connectivity index (χ3n) is 4.31. The monoisotopic (exact) mass is 374 g/mol. The number of carbonyl (C=O) groups excluding carboxylic acids is 2. The number of carbonyl (C=O) groups is 2. The molecule has 0 aliphatic carbocycles. The maximum absolute atomic E-state index is 11.8. The molecule has 2 fully saturated rings. The van der Waals surface area contributed by atoms with Gasteiger partial charge in [-0.05, 0) is 37.5 Å². The molecule has 7 nitrogen and oxygen atoms in total. The van der Waals surface area contributed by atoms with Crippen molar-refractivity contribution in [2.24, 2.45) is 16.1 Å². The lowest BCUT2D eigenvalue weighted by molar-refractivity contribution is -0.148. The van der Waals surface area contributed by atoms with E-state index in [0.717, 1.165) is 37.2 Å². The van der Waals surface area contributed by atoms with E-state index in [-0.39, 0.29) is 17.8 Å². The Bertz CT molecular complexity index is 710. The summed E-state index contributed by atoms with van der Waals surface area (Å²) in [6.45, 7) is 3.98. The number of amides is 1. The van der Waals surface area contributed by atoms with Gasteiger partial charge in [-0.15, -0.1) is 5.10 Å². The van der Waals surface area contributed by atoms with Crippen molar-refractivity contribution in [1.82, 2.24) is 5.32 Å². The highest BCUT2D eigenvalue weighted by Gasteiger charge is 2.26. The van der Waals surface area contributed by atoms with E-state index >= 15 is 0 Å². The van der Waals surface area contributed by atoms with E-state index < -0.39 is 0 Å². The van der Waals surface area contributed by atoms with Crippen LogP contribution in [0.5, 0.6) is 0 Å². The molecule has 26 heavy (non-hydrogen) atoms. The maximum Gasteiger partial charge on any atom is 0.309 e. The van der Waals surface area contributed by atoms with Crippen LogP contribution in [-0.2, 0) is 14.3 Å². The fraction of sp³-hybridized carbons (Fsp3) is 0.444. The van der Waals surface area contributed by atoms with Gasteiger partial charge in [0.25, 0.3) is 0 Å². The summed E-state index contributed by atoms with van der Waals surface area (Å²) in [6.07, 6.45) is 3.31. The topological polar surface area (TPSA) is 83.4 Å². The Morgan fingerprint density at radius 3 is 2.69 bits per heavy atom. The van der Waals surface area contributed by atoms with Gasteiger partial charge in [0, 0.05) is 18.8 Å². The number of anilines is 1. The Kier molecular flexibility index (Phi) is 6.27. The minimum Gasteiger partial charge on any atom is -0.466 e. The zero-order chi connectivity index (χ0) is 18.4. The lowest BCUT2D eigenvalue weighted by atomic mass is 9.96. The second-order valence-electron chi connectivity index (χ2n) is 6.09. The van der Waals surface area contributed by atoms with Crippen LogP contribution < -0.4 is 10.2 Å². The molecule has 1 aromatic carbocycles. The molecule has 0 spiro atoms. The number of amidine groups is 1. The fourth-order valence-electron chi connectivity index (χ4n) is 2.93. The Morgan fingerprint density at radius 2 is 2.08 bits per heavy atom. The summed E-state index contributed by atoms with van der Waals surface area (Å²) >= 11 is 1.35. The predicted octanol–water partition coefficient (Wildman–Crippen LogP) is 2.02. The summed E-state index contributed by atoms with van der Waals surface area (Å²) in [5, 5.41) is 11.2. The number of rotatable bonds is 5. The highest BCUT2D eigenvalue weighted by molar-refractivity contribution is 8.15. The summed E-state index contributed by atoms with van der Waals surface area (Å²) in [7, 11) is 0. The molecular formula is C18H22N4O3S. The Balaban J connectivity index is 1.52. The lowest BCUT2D eigenvalue weighted by Gasteiger charge is -2.32. The van der Waals surface area contributed by atoms with E-state index in [1.165, 1.54) is 11.8 Å². The van der Waals surface area contributed by atoms with Gasteiger partial charge in [0.2, 0.25) is 5.91 Å². The Hall–Kier alpha value is -2.35. The van der Waals surface area contributed by atoms with Crippen molar-refractivity contribution in [3.05, 3.63) is 29.8 Å². The van der Waals surface area contributed by atoms with Crippen molar-refractivity contribution in [2.75, 3.05) is 30.3 Å². The van der Waals surface area contributed by atoms with Gasteiger partial charge in [0.15, 0.2) is 5.17 Å². The third kappa shape index (κ3) is 4.85. The average molecular weight is 374 g/mol. The number of hydrogen-bond donors (Lipinski definition) is 1. The molecule has 0 unspecified atom stereocenters. The summed E-state index contributed by atoms with van der Waals surface area (Å²) < 4.78 is 5.11. The lowest BCUT2D eigenvalue weighted by Crippen LogP contribution is -2.36. The fourth-order valence-corrected chi connectivity index (χ4v) is 3.56. The quantitative estimate of drug-likeness (QED) is 0.484. The predicted molar refractivity (Wildman–Crippen MR) is 104 cm³/mol. The summed E-state index contributed by atoms with van der Waals surface area (Å²) in [4.78, 5) is 25.2.